The Balaban J connectivity index is 0.000000422. The lowest BCUT2D eigenvalue weighted by atomic mass is 10.1. The van der Waals surface area contributed by atoms with Crippen molar-refractivity contribution < 1.29 is 34.0 Å². The zero-order valence-corrected chi connectivity index (χ0v) is 26.7. The first-order valence-electron chi connectivity index (χ1n) is 15.8. The molecule has 0 saturated heterocycles. The first kappa shape index (κ1) is 37.6. The van der Waals surface area contributed by atoms with E-state index in [1.165, 1.54) is 32.8 Å². The van der Waals surface area contributed by atoms with Gasteiger partial charge in [-0.1, -0.05) is 77.7 Å². The number of unbranched alkanes of at least 4 members (excludes halogenated alkanes) is 6. The summed E-state index contributed by atoms with van der Waals surface area (Å²) in [4.78, 5) is 11.8. The van der Waals surface area contributed by atoms with Crippen molar-refractivity contribution in [3.8, 4) is 11.5 Å². The molecule has 0 fully saturated rings. The Labute approximate surface area is 254 Å². The number of aromatic hydroxyl groups is 1. The van der Waals surface area contributed by atoms with Crippen molar-refractivity contribution in [1.29, 1.82) is 0 Å². The van der Waals surface area contributed by atoms with E-state index in [4.69, 9.17) is 18.9 Å². The van der Waals surface area contributed by atoms with E-state index in [0.717, 1.165) is 50.9 Å². The monoisotopic (exact) mass is 591 g/mol. The van der Waals surface area contributed by atoms with Gasteiger partial charge in [-0.15, -0.1) is 0 Å². The van der Waals surface area contributed by atoms with E-state index in [0.29, 0.717) is 31.2 Å². The topological polar surface area (TPSA) is 106 Å². The molecule has 1 aromatic carbocycles. The maximum absolute atomic E-state index is 11.8. The van der Waals surface area contributed by atoms with Crippen LogP contribution in [0, 0.1) is 5.92 Å². The summed E-state index contributed by atoms with van der Waals surface area (Å²) in [6.45, 7) is 11.1. The molecule has 0 unspecified atom stereocenters. The third-order valence-corrected chi connectivity index (χ3v) is 6.66. The zero-order chi connectivity index (χ0) is 31.0. The van der Waals surface area contributed by atoms with Crippen molar-refractivity contribution in [2.75, 3.05) is 26.9 Å². The number of phenolic OH excluding ortho intramolecular Hbond substituents is 1. The summed E-state index contributed by atoms with van der Waals surface area (Å²) in [5.41, 5.74) is 0.905. The molecule has 1 heterocycles. The molecule has 3 N–H and O–H groups in total. The van der Waals surface area contributed by atoms with Crippen molar-refractivity contribution in [1.82, 2.24) is 5.32 Å². The fourth-order valence-corrected chi connectivity index (χ4v) is 4.19. The third kappa shape index (κ3) is 18.2. The molecule has 0 saturated carbocycles. The lowest BCUT2D eigenvalue weighted by Crippen LogP contribution is -2.40. The quantitative estimate of drug-likeness (QED) is 0.113. The minimum absolute atomic E-state index is 0.0554. The number of carbonyl (C=O) groups excluding carboxylic acids is 1. The van der Waals surface area contributed by atoms with Gasteiger partial charge in [0, 0.05) is 26.2 Å². The number of phenols is 1. The van der Waals surface area contributed by atoms with Crippen molar-refractivity contribution >= 4 is 5.91 Å². The Morgan fingerprint density at radius 3 is 2.48 bits per heavy atom. The average molecular weight is 592 g/mol. The largest absolute Gasteiger partial charge is 0.504 e. The number of allylic oxidation sites excluding steroid dienone is 2. The lowest BCUT2D eigenvalue weighted by Gasteiger charge is -2.30. The molecule has 0 bridgehead atoms. The highest BCUT2D eigenvalue weighted by Gasteiger charge is 2.27. The van der Waals surface area contributed by atoms with Gasteiger partial charge < -0.3 is 34.5 Å². The van der Waals surface area contributed by atoms with E-state index in [2.05, 4.69) is 45.2 Å². The Morgan fingerprint density at radius 1 is 1.05 bits per heavy atom. The maximum atomic E-state index is 11.8. The van der Waals surface area contributed by atoms with Crippen LogP contribution in [0.3, 0.4) is 0 Å². The van der Waals surface area contributed by atoms with Crippen LogP contribution < -0.4 is 10.1 Å². The van der Waals surface area contributed by atoms with Crippen LogP contribution in [-0.2, 0) is 25.5 Å². The molecule has 0 radical (unpaired) electrons. The fourth-order valence-electron chi connectivity index (χ4n) is 4.19. The van der Waals surface area contributed by atoms with Gasteiger partial charge in [-0.05, 0) is 61.8 Å². The van der Waals surface area contributed by atoms with Gasteiger partial charge in [0.2, 0.25) is 5.91 Å². The van der Waals surface area contributed by atoms with E-state index in [1.54, 1.807) is 24.3 Å². The number of carbonyl (C=O) groups is 1. The maximum Gasteiger partial charge on any atom is 0.220 e. The second kappa shape index (κ2) is 24.1. The van der Waals surface area contributed by atoms with Crippen LogP contribution in [0.2, 0.25) is 0 Å². The van der Waals surface area contributed by atoms with Crippen LogP contribution in [0.1, 0.15) is 97.5 Å². The van der Waals surface area contributed by atoms with E-state index < -0.39 is 6.29 Å². The molecule has 1 amide bonds. The summed E-state index contributed by atoms with van der Waals surface area (Å²) in [6.07, 6.45) is 17.1. The minimum atomic E-state index is -0.838. The molecule has 0 spiro atoms. The highest BCUT2D eigenvalue weighted by Crippen LogP contribution is 2.26. The van der Waals surface area contributed by atoms with Gasteiger partial charge in [0.1, 0.15) is 12.2 Å². The molecule has 1 aliphatic heterocycles. The molecule has 1 aromatic rings. The summed E-state index contributed by atoms with van der Waals surface area (Å²) in [5.74, 6) is 1.17. The number of rotatable bonds is 20. The van der Waals surface area contributed by atoms with Crippen molar-refractivity contribution in [3.63, 3.8) is 0 Å². The number of amides is 1. The predicted octanol–water partition coefficient (Wildman–Crippen LogP) is 6.83. The minimum Gasteiger partial charge on any atom is -0.504 e. The number of aliphatic hydroxyl groups excluding tert-OH is 1. The van der Waals surface area contributed by atoms with Gasteiger partial charge >= 0.3 is 0 Å². The van der Waals surface area contributed by atoms with E-state index in [1.807, 2.05) is 6.08 Å². The molecule has 3 atom stereocenters. The van der Waals surface area contributed by atoms with Gasteiger partial charge in [-0.2, -0.15) is 0 Å². The zero-order valence-electron chi connectivity index (χ0n) is 26.7. The summed E-state index contributed by atoms with van der Waals surface area (Å²) < 4.78 is 22.0. The molecule has 8 heteroatoms. The number of aliphatic hydroxyl groups is 1. The number of benzene rings is 1. The molecule has 1 aliphatic rings. The summed E-state index contributed by atoms with van der Waals surface area (Å²) in [7, 11) is 1.51. The summed E-state index contributed by atoms with van der Waals surface area (Å²) in [6, 6.07) is 5.07. The molecule has 8 nitrogen and oxygen atoms in total. The normalized spacial score (nSPS) is 18.2. The lowest BCUT2D eigenvalue weighted by molar-refractivity contribution is -0.171. The van der Waals surface area contributed by atoms with Gasteiger partial charge in [0.25, 0.3) is 0 Å². The fraction of sp³-hybridized carbons (Fsp3) is 0.676. The Kier molecular flexibility index (Phi) is 21.6. The standard InChI is InChI=1S/C18H27NO3.C16H30O4/c1-14(2)8-6-4-5-7-9-18(21)19-13-15-10-11-16(20)17(12-15)22-3;1-3-5-7-11-18-13-15-14(9-10-16(17)20-15)19-12-8-6-4-2/h6,8,10-12,14,20H,4-5,7,9,13H2,1-3H3,(H,19,21);9-10,14-17H,3-8,11-13H2,1-2H3/b8-6+;/t;14-,15+,16-/m.0/s1. The Hall–Kier alpha value is -2.39. The molecular weight excluding hydrogens is 534 g/mol. The second-order valence-corrected chi connectivity index (χ2v) is 11.0. The Bertz CT molecular complexity index is 887. The summed E-state index contributed by atoms with van der Waals surface area (Å²) >= 11 is 0. The third-order valence-electron chi connectivity index (χ3n) is 6.66. The summed E-state index contributed by atoms with van der Waals surface area (Å²) in [5, 5.41) is 21.9. The van der Waals surface area contributed by atoms with E-state index in [-0.39, 0.29) is 23.9 Å². The van der Waals surface area contributed by atoms with E-state index in [9.17, 15) is 15.0 Å². The number of ether oxygens (including phenoxy) is 4. The van der Waals surface area contributed by atoms with Crippen molar-refractivity contribution in [3.05, 3.63) is 48.1 Å². The first-order chi connectivity index (χ1) is 20.3. The number of nitrogens with one attached hydrogen (secondary N) is 1. The Morgan fingerprint density at radius 2 is 1.79 bits per heavy atom. The van der Waals surface area contributed by atoms with Crippen molar-refractivity contribution in [2.45, 2.75) is 117 Å². The van der Waals surface area contributed by atoms with Crippen molar-refractivity contribution in [2.24, 2.45) is 5.92 Å². The van der Waals surface area contributed by atoms with Crippen LogP contribution in [0.15, 0.2) is 42.5 Å². The van der Waals surface area contributed by atoms with Crippen LogP contribution in [0.25, 0.3) is 0 Å². The highest BCUT2D eigenvalue weighted by atomic mass is 16.6. The molecule has 0 aromatic heterocycles. The molecular formula is C34H57NO7. The number of hydrogen-bond donors (Lipinski definition) is 3. The van der Waals surface area contributed by atoms with Gasteiger partial charge in [0.05, 0.1) is 13.7 Å². The highest BCUT2D eigenvalue weighted by molar-refractivity contribution is 5.75. The van der Waals surface area contributed by atoms with Crippen LogP contribution >= 0.6 is 0 Å². The average Bonchev–Trinajstić information content (AvgIpc) is 2.97. The van der Waals surface area contributed by atoms with Gasteiger partial charge in [-0.3, -0.25) is 4.79 Å². The second-order valence-electron chi connectivity index (χ2n) is 11.0. The van der Waals surface area contributed by atoms with Crippen LogP contribution in [0.4, 0.5) is 0 Å². The predicted molar refractivity (Wildman–Crippen MR) is 169 cm³/mol. The van der Waals surface area contributed by atoms with Crippen LogP contribution in [-0.4, -0.2) is 61.5 Å². The molecule has 240 valence electrons. The number of methoxy groups -OCH3 is 1. The molecule has 0 aliphatic carbocycles. The number of hydrogen-bond acceptors (Lipinski definition) is 7. The smallest absolute Gasteiger partial charge is 0.220 e. The van der Waals surface area contributed by atoms with E-state index >= 15 is 0 Å². The first-order valence-corrected chi connectivity index (χ1v) is 15.8. The molecule has 42 heavy (non-hydrogen) atoms. The van der Waals surface area contributed by atoms with Crippen LogP contribution in [0.5, 0.6) is 11.5 Å². The molecule has 2 rings (SSSR count). The van der Waals surface area contributed by atoms with Gasteiger partial charge in [0.15, 0.2) is 17.8 Å². The van der Waals surface area contributed by atoms with Gasteiger partial charge in [-0.25, -0.2) is 0 Å². The SMILES string of the molecule is CCCCCOC[C@H]1O[C@H](O)C=C[C@@H]1OCCCCC.COc1cc(CNC(=O)CCCC/C=C/C(C)C)ccc1O.